The molecule has 0 fully saturated rings. The number of hydrogen-bond donors (Lipinski definition) is 0. The molecule has 4 rings (SSSR count). The highest BCUT2D eigenvalue weighted by Crippen LogP contribution is 2.30. The maximum atomic E-state index is 6.14. The summed E-state index contributed by atoms with van der Waals surface area (Å²) >= 11 is 0. The molecular formula is C28H26O2. The highest BCUT2D eigenvalue weighted by molar-refractivity contribution is 5.70. The van der Waals surface area contributed by atoms with Crippen molar-refractivity contribution in [3.8, 4) is 22.6 Å². The highest BCUT2D eigenvalue weighted by atomic mass is 16.5. The zero-order chi connectivity index (χ0) is 20.8. The van der Waals surface area contributed by atoms with Crippen LogP contribution >= 0.6 is 0 Å². The summed E-state index contributed by atoms with van der Waals surface area (Å²) in [5.41, 5.74) is 6.95. The lowest BCUT2D eigenvalue weighted by Gasteiger charge is -2.16. The third-order valence-corrected chi connectivity index (χ3v) is 5.28. The fraction of sp³-hybridized carbons (Fsp3) is 0.143. The van der Waals surface area contributed by atoms with Crippen molar-refractivity contribution in [2.75, 3.05) is 0 Å². The molecule has 30 heavy (non-hydrogen) atoms. The van der Waals surface area contributed by atoms with Gasteiger partial charge >= 0.3 is 0 Å². The summed E-state index contributed by atoms with van der Waals surface area (Å²) in [6.45, 7) is 5.18. The molecule has 2 heteroatoms. The molecule has 0 aliphatic rings. The Labute approximate surface area is 178 Å². The van der Waals surface area contributed by atoms with Gasteiger partial charge in [0.05, 0.1) is 0 Å². The molecule has 0 spiro atoms. The lowest BCUT2D eigenvalue weighted by molar-refractivity contribution is 0.303. The molecule has 0 aliphatic heterocycles. The number of ether oxygens (including phenoxy) is 2. The van der Waals surface area contributed by atoms with E-state index in [1.807, 2.05) is 36.4 Å². The van der Waals surface area contributed by atoms with Crippen LogP contribution in [0.5, 0.6) is 11.5 Å². The Kier molecular flexibility index (Phi) is 6.14. The fourth-order valence-corrected chi connectivity index (χ4v) is 3.57. The monoisotopic (exact) mass is 394 g/mol. The van der Waals surface area contributed by atoms with Crippen molar-refractivity contribution in [3.63, 3.8) is 0 Å². The van der Waals surface area contributed by atoms with Crippen molar-refractivity contribution >= 4 is 0 Å². The van der Waals surface area contributed by atoms with Crippen LogP contribution < -0.4 is 9.47 Å². The number of benzene rings is 4. The molecule has 4 aromatic rings. The van der Waals surface area contributed by atoms with Crippen molar-refractivity contribution in [1.29, 1.82) is 0 Å². The number of aryl methyl sites for hydroxylation is 2. The Balaban J connectivity index is 1.59. The van der Waals surface area contributed by atoms with Gasteiger partial charge in [0.2, 0.25) is 0 Å². The minimum atomic E-state index is 0.522. The molecule has 0 saturated carbocycles. The summed E-state index contributed by atoms with van der Waals surface area (Å²) in [7, 11) is 0. The topological polar surface area (TPSA) is 18.5 Å². The molecule has 0 bridgehead atoms. The quantitative estimate of drug-likeness (QED) is 0.332. The van der Waals surface area contributed by atoms with Crippen LogP contribution in [-0.4, -0.2) is 0 Å². The lowest BCUT2D eigenvalue weighted by Crippen LogP contribution is -2.02. The average molecular weight is 395 g/mol. The Bertz CT molecular complexity index is 1040. The van der Waals surface area contributed by atoms with Gasteiger partial charge in [0.25, 0.3) is 0 Å². The van der Waals surface area contributed by atoms with Gasteiger partial charge in [0.15, 0.2) is 0 Å². The van der Waals surface area contributed by atoms with E-state index in [9.17, 15) is 0 Å². The number of rotatable bonds is 7. The molecule has 0 radical (unpaired) electrons. The van der Waals surface area contributed by atoms with E-state index in [1.165, 1.54) is 11.1 Å². The summed E-state index contributed by atoms with van der Waals surface area (Å²) < 4.78 is 12.3. The molecule has 150 valence electrons. The second kappa shape index (κ2) is 9.32. The van der Waals surface area contributed by atoms with E-state index in [2.05, 4.69) is 74.5 Å². The van der Waals surface area contributed by atoms with E-state index in [4.69, 9.17) is 9.47 Å². The lowest BCUT2D eigenvalue weighted by atomic mass is 9.96. The first-order valence-electron chi connectivity index (χ1n) is 10.3. The minimum Gasteiger partial charge on any atom is -0.489 e. The predicted molar refractivity (Wildman–Crippen MR) is 123 cm³/mol. The van der Waals surface area contributed by atoms with Crippen molar-refractivity contribution in [3.05, 3.63) is 119 Å². The summed E-state index contributed by atoms with van der Waals surface area (Å²) in [5, 5.41) is 0. The minimum absolute atomic E-state index is 0.522. The molecule has 0 unspecified atom stereocenters. The first kappa shape index (κ1) is 19.8. The summed E-state index contributed by atoms with van der Waals surface area (Å²) in [6, 6.07) is 33.1. The Morgan fingerprint density at radius 2 is 0.833 bits per heavy atom. The average Bonchev–Trinajstić information content (AvgIpc) is 2.78. The maximum absolute atomic E-state index is 6.14. The van der Waals surface area contributed by atoms with Gasteiger partial charge in [-0.15, -0.1) is 0 Å². The first-order chi connectivity index (χ1) is 14.7. The number of hydrogen-bond acceptors (Lipinski definition) is 2. The molecular weight excluding hydrogens is 368 g/mol. The van der Waals surface area contributed by atoms with Gasteiger partial charge in [-0.2, -0.15) is 0 Å². The van der Waals surface area contributed by atoms with Crippen molar-refractivity contribution < 1.29 is 9.47 Å². The predicted octanol–water partition coefficient (Wildman–Crippen LogP) is 7.13. The normalized spacial score (nSPS) is 10.6. The van der Waals surface area contributed by atoms with Crippen LogP contribution in [0.4, 0.5) is 0 Å². The van der Waals surface area contributed by atoms with Crippen LogP contribution in [0, 0.1) is 13.8 Å². The molecule has 0 aliphatic carbocycles. The molecule has 4 aromatic carbocycles. The van der Waals surface area contributed by atoms with Crippen molar-refractivity contribution in [1.82, 2.24) is 0 Å². The molecule has 0 N–H and O–H groups in total. The summed E-state index contributed by atoms with van der Waals surface area (Å²) in [6.07, 6.45) is 0. The molecule has 0 atom stereocenters. The SMILES string of the molecule is Cc1ccccc1OCc1ccccc1-c1ccccc1COc1ccccc1C. The second-order valence-corrected chi connectivity index (χ2v) is 7.42. The van der Waals surface area contributed by atoms with Crippen LogP contribution in [0.25, 0.3) is 11.1 Å². The van der Waals surface area contributed by atoms with E-state index in [0.29, 0.717) is 13.2 Å². The van der Waals surface area contributed by atoms with E-state index < -0.39 is 0 Å². The van der Waals surface area contributed by atoms with Crippen molar-refractivity contribution in [2.45, 2.75) is 27.1 Å². The highest BCUT2D eigenvalue weighted by Gasteiger charge is 2.11. The molecule has 0 heterocycles. The molecule has 0 saturated heterocycles. The third kappa shape index (κ3) is 4.55. The molecule has 0 aromatic heterocycles. The Morgan fingerprint density at radius 1 is 0.467 bits per heavy atom. The standard InChI is InChI=1S/C28H26O2/c1-21-11-3-9-17-27(21)29-19-23-13-5-7-15-25(23)26-16-8-6-14-24(26)20-30-28-18-10-4-12-22(28)2/h3-18H,19-20H2,1-2H3. The van der Waals surface area contributed by atoms with Gasteiger partial charge in [0.1, 0.15) is 24.7 Å². The van der Waals surface area contributed by atoms with Crippen molar-refractivity contribution in [2.24, 2.45) is 0 Å². The van der Waals surface area contributed by atoms with Crippen LogP contribution in [0.1, 0.15) is 22.3 Å². The van der Waals surface area contributed by atoms with E-state index in [-0.39, 0.29) is 0 Å². The zero-order valence-electron chi connectivity index (χ0n) is 17.5. The number of para-hydroxylation sites is 2. The molecule has 0 amide bonds. The van der Waals surface area contributed by atoms with Gasteiger partial charge in [-0.1, -0.05) is 84.9 Å². The summed E-state index contributed by atoms with van der Waals surface area (Å²) in [4.78, 5) is 0. The third-order valence-electron chi connectivity index (χ3n) is 5.28. The Hall–Kier alpha value is -3.52. The van der Waals surface area contributed by atoms with Crippen LogP contribution in [0.3, 0.4) is 0 Å². The first-order valence-corrected chi connectivity index (χ1v) is 10.3. The summed E-state index contributed by atoms with van der Waals surface area (Å²) in [5.74, 6) is 1.84. The van der Waals surface area contributed by atoms with Crippen LogP contribution in [0.2, 0.25) is 0 Å². The second-order valence-electron chi connectivity index (χ2n) is 7.42. The van der Waals surface area contributed by atoms with E-state index >= 15 is 0 Å². The van der Waals surface area contributed by atoms with Crippen LogP contribution in [0.15, 0.2) is 97.1 Å². The fourth-order valence-electron chi connectivity index (χ4n) is 3.57. The zero-order valence-corrected chi connectivity index (χ0v) is 17.5. The van der Waals surface area contributed by atoms with Gasteiger partial charge in [-0.3, -0.25) is 0 Å². The van der Waals surface area contributed by atoms with E-state index in [1.54, 1.807) is 0 Å². The van der Waals surface area contributed by atoms with Gasteiger partial charge in [-0.05, 0) is 59.4 Å². The maximum Gasteiger partial charge on any atom is 0.122 e. The van der Waals surface area contributed by atoms with Crippen LogP contribution in [-0.2, 0) is 13.2 Å². The van der Waals surface area contributed by atoms with Gasteiger partial charge < -0.3 is 9.47 Å². The smallest absolute Gasteiger partial charge is 0.122 e. The van der Waals surface area contributed by atoms with E-state index in [0.717, 1.165) is 33.8 Å². The van der Waals surface area contributed by atoms with Gasteiger partial charge in [-0.25, -0.2) is 0 Å². The van der Waals surface area contributed by atoms with Gasteiger partial charge in [0, 0.05) is 0 Å². The largest absolute Gasteiger partial charge is 0.489 e. The Morgan fingerprint density at radius 3 is 1.27 bits per heavy atom. The molecule has 2 nitrogen and oxygen atoms in total.